The lowest BCUT2D eigenvalue weighted by Gasteiger charge is -2.40. The Balaban J connectivity index is 1.64. The summed E-state index contributed by atoms with van der Waals surface area (Å²) in [5, 5.41) is 3.57. The predicted octanol–water partition coefficient (Wildman–Crippen LogP) is 2.55. The largest absolute Gasteiger partial charge is 0.311 e. The molecule has 0 aromatic heterocycles. The molecule has 3 rings (SSSR count). The van der Waals surface area contributed by atoms with E-state index in [0.717, 1.165) is 19.5 Å². The molecule has 1 aliphatic carbocycles. The van der Waals surface area contributed by atoms with Crippen molar-refractivity contribution in [2.45, 2.75) is 37.8 Å². The van der Waals surface area contributed by atoms with Gasteiger partial charge in [0, 0.05) is 25.2 Å². The van der Waals surface area contributed by atoms with Crippen LogP contribution in [0.1, 0.15) is 18.4 Å². The first kappa shape index (κ1) is 14.0. The number of nitrogens with one attached hydrogen (secondary N) is 1. The van der Waals surface area contributed by atoms with Gasteiger partial charge in [-0.1, -0.05) is 30.3 Å². The van der Waals surface area contributed by atoms with Gasteiger partial charge >= 0.3 is 0 Å². The Bertz CT molecular complexity index is 420. The van der Waals surface area contributed by atoms with Crippen LogP contribution < -0.4 is 5.32 Å². The standard InChI is InChI=1S/C16H22F2N2/c17-16(18)11-20-10-15(13-6-7-13)19-9-14(20)8-12-4-2-1-3-5-12/h1-5,13-16,19H,6-11H2. The number of benzene rings is 1. The molecule has 2 nitrogen and oxygen atoms in total. The van der Waals surface area contributed by atoms with Crippen LogP contribution in [0.4, 0.5) is 8.78 Å². The SMILES string of the molecule is FC(F)CN1CC(C2CC2)NCC1Cc1ccccc1. The Hall–Kier alpha value is -1.00. The Kier molecular flexibility index (Phi) is 4.32. The highest BCUT2D eigenvalue weighted by molar-refractivity contribution is 5.16. The summed E-state index contributed by atoms with van der Waals surface area (Å²) in [4.78, 5) is 2.00. The van der Waals surface area contributed by atoms with E-state index in [-0.39, 0.29) is 12.6 Å². The van der Waals surface area contributed by atoms with E-state index in [1.54, 1.807) is 0 Å². The van der Waals surface area contributed by atoms with Crippen molar-refractivity contribution in [2.75, 3.05) is 19.6 Å². The third-order valence-electron chi connectivity index (χ3n) is 4.44. The van der Waals surface area contributed by atoms with Crippen molar-refractivity contribution < 1.29 is 8.78 Å². The van der Waals surface area contributed by atoms with Gasteiger partial charge in [-0.15, -0.1) is 0 Å². The van der Waals surface area contributed by atoms with Crippen molar-refractivity contribution in [1.29, 1.82) is 0 Å². The van der Waals surface area contributed by atoms with Crippen molar-refractivity contribution in [3.8, 4) is 0 Å². The summed E-state index contributed by atoms with van der Waals surface area (Å²) in [5.74, 6) is 0.716. The Labute approximate surface area is 119 Å². The fourth-order valence-corrected chi connectivity index (χ4v) is 3.19. The Morgan fingerprint density at radius 2 is 1.95 bits per heavy atom. The molecule has 1 saturated carbocycles. The smallest absolute Gasteiger partial charge is 0.251 e. The van der Waals surface area contributed by atoms with Gasteiger partial charge in [0.25, 0.3) is 6.43 Å². The number of hydrogen-bond donors (Lipinski definition) is 1. The van der Waals surface area contributed by atoms with E-state index in [4.69, 9.17) is 0 Å². The molecule has 2 unspecified atom stereocenters. The zero-order valence-corrected chi connectivity index (χ0v) is 11.6. The molecule has 1 saturated heterocycles. The third-order valence-corrected chi connectivity index (χ3v) is 4.44. The minimum atomic E-state index is -2.24. The molecule has 4 heteroatoms. The lowest BCUT2D eigenvalue weighted by atomic mass is 9.99. The summed E-state index contributed by atoms with van der Waals surface area (Å²) < 4.78 is 25.6. The summed E-state index contributed by atoms with van der Waals surface area (Å²) in [6, 6.07) is 10.8. The molecule has 0 spiro atoms. The number of piperazine rings is 1. The monoisotopic (exact) mass is 280 g/mol. The fourth-order valence-electron chi connectivity index (χ4n) is 3.19. The summed E-state index contributed by atoms with van der Waals surface area (Å²) in [7, 11) is 0. The average molecular weight is 280 g/mol. The van der Waals surface area contributed by atoms with Crippen molar-refractivity contribution in [2.24, 2.45) is 5.92 Å². The van der Waals surface area contributed by atoms with Gasteiger partial charge in [-0.25, -0.2) is 8.78 Å². The molecular formula is C16H22F2N2. The van der Waals surface area contributed by atoms with Crippen LogP contribution in [0.25, 0.3) is 0 Å². The molecule has 2 atom stereocenters. The Morgan fingerprint density at radius 1 is 1.20 bits per heavy atom. The van der Waals surface area contributed by atoms with E-state index >= 15 is 0 Å². The van der Waals surface area contributed by atoms with Crippen molar-refractivity contribution in [3.05, 3.63) is 35.9 Å². The van der Waals surface area contributed by atoms with Crippen LogP contribution in [0, 0.1) is 5.92 Å². The van der Waals surface area contributed by atoms with Crippen LogP contribution in [0.15, 0.2) is 30.3 Å². The molecule has 2 aliphatic rings. The van der Waals surface area contributed by atoms with Gasteiger partial charge in [0.05, 0.1) is 6.54 Å². The van der Waals surface area contributed by atoms with E-state index in [0.29, 0.717) is 12.0 Å². The highest BCUT2D eigenvalue weighted by Gasteiger charge is 2.37. The minimum absolute atomic E-state index is 0.0948. The highest BCUT2D eigenvalue weighted by atomic mass is 19.3. The van der Waals surface area contributed by atoms with Gasteiger partial charge in [0.1, 0.15) is 0 Å². The molecule has 1 heterocycles. The summed E-state index contributed by atoms with van der Waals surface area (Å²) in [5.41, 5.74) is 1.23. The molecule has 0 bridgehead atoms. The zero-order valence-electron chi connectivity index (χ0n) is 11.6. The maximum atomic E-state index is 12.8. The average Bonchev–Trinajstić information content (AvgIpc) is 3.26. The van der Waals surface area contributed by atoms with Crippen molar-refractivity contribution in [3.63, 3.8) is 0 Å². The fraction of sp³-hybridized carbons (Fsp3) is 0.625. The normalized spacial score (nSPS) is 27.9. The Morgan fingerprint density at radius 3 is 2.60 bits per heavy atom. The first-order valence-corrected chi connectivity index (χ1v) is 7.52. The van der Waals surface area contributed by atoms with Crippen LogP contribution in [0.3, 0.4) is 0 Å². The summed E-state index contributed by atoms with van der Waals surface area (Å²) >= 11 is 0. The molecule has 20 heavy (non-hydrogen) atoms. The summed E-state index contributed by atoms with van der Waals surface area (Å²) in [6.07, 6.45) is 1.11. The number of rotatable bonds is 5. The van der Waals surface area contributed by atoms with Gasteiger partial charge in [0.2, 0.25) is 0 Å². The van der Waals surface area contributed by atoms with Gasteiger partial charge < -0.3 is 5.32 Å². The number of nitrogens with zero attached hydrogens (tertiary/aromatic N) is 1. The lowest BCUT2D eigenvalue weighted by Crippen LogP contribution is -2.58. The molecule has 2 fully saturated rings. The second kappa shape index (κ2) is 6.19. The van der Waals surface area contributed by atoms with E-state index < -0.39 is 6.43 Å². The molecule has 1 N–H and O–H groups in total. The van der Waals surface area contributed by atoms with Gasteiger partial charge in [0.15, 0.2) is 0 Å². The zero-order chi connectivity index (χ0) is 13.9. The van der Waals surface area contributed by atoms with Gasteiger partial charge in [-0.3, -0.25) is 4.90 Å². The predicted molar refractivity (Wildman–Crippen MR) is 76.0 cm³/mol. The van der Waals surface area contributed by atoms with E-state index in [1.807, 2.05) is 23.1 Å². The van der Waals surface area contributed by atoms with Crippen LogP contribution in [0.5, 0.6) is 0 Å². The molecule has 110 valence electrons. The number of hydrogen-bond acceptors (Lipinski definition) is 2. The maximum Gasteiger partial charge on any atom is 0.251 e. The second-order valence-electron chi connectivity index (χ2n) is 6.04. The first-order chi connectivity index (χ1) is 9.72. The van der Waals surface area contributed by atoms with Crippen LogP contribution in [-0.4, -0.2) is 43.0 Å². The van der Waals surface area contributed by atoms with Crippen LogP contribution in [-0.2, 0) is 6.42 Å². The quantitative estimate of drug-likeness (QED) is 0.891. The van der Waals surface area contributed by atoms with Crippen LogP contribution >= 0.6 is 0 Å². The molecule has 1 aromatic carbocycles. The first-order valence-electron chi connectivity index (χ1n) is 7.52. The third kappa shape index (κ3) is 3.55. The van der Waals surface area contributed by atoms with E-state index in [1.165, 1.54) is 18.4 Å². The molecule has 1 aliphatic heterocycles. The lowest BCUT2D eigenvalue weighted by molar-refractivity contribution is 0.0402. The summed E-state index contributed by atoms with van der Waals surface area (Å²) in [6.45, 7) is 1.50. The molecule has 1 aromatic rings. The van der Waals surface area contributed by atoms with Gasteiger partial charge in [-0.05, 0) is 30.7 Å². The number of halogens is 2. The van der Waals surface area contributed by atoms with E-state index in [9.17, 15) is 8.78 Å². The topological polar surface area (TPSA) is 15.3 Å². The van der Waals surface area contributed by atoms with Crippen LogP contribution in [0.2, 0.25) is 0 Å². The van der Waals surface area contributed by atoms with Crippen molar-refractivity contribution in [1.82, 2.24) is 10.2 Å². The molecule has 0 amide bonds. The van der Waals surface area contributed by atoms with E-state index in [2.05, 4.69) is 17.4 Å². The van der Waals surface area contributed by atoms with Crippen molar-refractivity contribution >= 4 is 0 Å². The minimum Gasteiger partial charge on any atom is -0.311 e. The maximum absolute atomic E-state index is 12.8. The van der Waals surface area contributed by atoms with Gasteiger partial charge in [-0.2, -0.15) is 0 Å². The molecule has 0 radical (unpaired) electrons. The number of alkyl halides is 2. The second-order valence-corrected chi connectivity index (χ2v) is 6.04. The highest BCUT2D eigenvalue weighted by Crippen LogP contribution is 2.34. The molecular weight excluding hydrogens is 258 g/mol.